The fourth-order valence-corrected chi connectivity index (χ4v) is 6.17. The van der Waals surface area contributed by atoms with Gasteiger partial charge < -0.3 is 14.5 Å². The highest BCUT2D eigenvalue weighted by molar-refractivity contribution is 6.06. The molecule has 4 heterocycles. The topological polar surface area (TPSA) is 74.9 Å². The largest absolute Gasteiger partial charge is 0.454 e. The number of imide groups is 1. The third-order valence-corrected chi connectivity index (χ3v) is 8.21. The number of ether oxygens (including phenoxy) is 2. The molecule has 0 spiro atoms. The van der Waals surface area contributed by atoms with Crippen molar-refractivity contribution in [3.05, 3.63) is 59.3 Å². The molecule has 3 amide bonds. The average molecular weight is 460 g/mol. The van der Waals surface area contributed by atoms with E-state index < -0.39 is 17.6 Å². The zero-order valence-electron chi connectivity index (χ0n) is 19.8. The van der Waals surface area contributed by atoms with Gasteiger partial charge in [-0.15, -0.1) is 0 Å². The predicted molar refractivity (Wildman–Crippen MR) is 128 cm³/mol. The van der Waals surface area contributed by atoms with Gasteiger partial charge in [0.25, 0.3) is 5.91 Å². The molecule has 0 radical (unpaired) electrons. The van der Waals surface area contributed by atoms with E-state index in [4.69, 9.17) is 9.47 Å². The smallest absolute Gasteiger partial charge is 0.328 e. The van der Waals surface area contributed by atoms with E-state index in [9.17, 15) is 9.59 Å². The number of hydrogen-bond acceptors (Lipinski definition) is 4. The molecule has 176 valence electrons. The second-order valence-electron chi connectivity index (χ2n) is 9.45. The molecule has 3 aliphatic heterocycles. The average Bonchev–Trinajstić information content (AvgIpc) is 3.55. The van der Waals surface area contributed by atoms with Crippen LogP contribution < -0.4 is 9.47 Å². The van der Waals surface area contributed by atoms with Gasteiger partial charge in [-0.3, -0.25) is 14.6 Å². The second-order valence-corrected chi connectivity index (χ2v) is 9.45. The van der Waals surface area contributed by atoms with E-state index in [0.29, 0.717) is 17.9 Å². The van der Waals surface area contributed by atoms with Crippen LogP contribution in [0.2, 0.25) is 0 Å². The van der Waals surface area contributed by atoms with Gasteiger partial charge in [0.15, 0.2) is 11.5 Å². The minimum Gasteiger partial charge on any atom is -0.454 e. The molecule has 2 aromatic carbocycles. The zero-order valence-corrected chi connectivity index (χ0v) is 19.8. The Morgan fingerprint density at radius 2 is 1.74 bits per heavy atom. The summed E-state index contributed by atoms with van der Waals surface area (Å²) in [5, 5.41) is 1.11. The van der Waals surface area contributed by atoms with Crippen molar-refractivity contribution in [2.24, 2.45) is 0 Å². The van der Waals surface area contributed by atoms with Crippen molar-refractivity contribution < 1.29 is 19.1 Å². The molecule has 3 aliphatic rings. The van der Waals surface area contributed by atoms with Crippen LogP contribution in [-0.4, -0.2) is 45.1 Å². The normalized spacial score (nSPS) is 21.4. The maximum Gasteiger partial charge on any atom is 0.328 e. The molecule has 0 unspecified atom stereocenters. The molecule has 34 heavy (non-hydrogen) atoms. The van der Waals surface area contributed by atoms with Crippen molar-refractivity contribution in [2.45, 2.75) is 64.1 Å². The first-order valence-electron chi connectivity index (χ1n) is 12.2. The van der Waals surface area contributed by atoms with Crippen LogP contribution in [0.15, 0.2) is 42.5 Å². The number of aromatic nitrogens is 1. The summed E-state index contributed by atoms with van der Waals surface area (Å²) in [6.45, 7) is 6.38. The molecule has 2 atom stereocenters. The van der Waals surface area contributed by atoms with Gasteiger partial charge in [0.2, 0.25) is 6.79 Å². The fraction of sp³-hybridized carbons (Fsp3) is 0.407. The van der Waals surface area contributed by atoms with E-state index in [0.717, 1.165) is 47.0 Å². The number of hydrogen-bond donors (Lipinski definition) is 1. The van der Waals surface area contributed by atoms with Crippen molar-refractivity contribution in [3.63, 3.8) is 0 Å². The molecule has 0 saturated carbocycles. The first-order valence-corrected chi connectivity index (χ1v) is 12.2. The third-order valence-electron chi connectivity index (χ3n) is 8.21. The Bertz CT molecular complexity index is 1300. The van der Waals surface area contributed by atoms with Crippen LogP contribution >= 0.6 is 0 Å². The number of fused-ring (bicyclic) bond motifs is 5. The molecular weight excluding hydrogens is 430 g/mol. The maximum atomic E-state index is 14.1. The molecule has 0 bridgehead atoms. The summed E-state index contributed by atoms with van der Waals surface area (Å²) in [7, 11) is 0. The van der Waals surface area contributed by atoms with Crippen LogP contribution in [0.1, 0.15) is 62.9 Å². The molecule has 1 saturated heterocycles. The number of benzene rings is 2. The van der Waals surface area contributed by atoms with E-state index in [-0.39, 0.29) is 18.7 Å². The van der Waals surface area contributed by atoms with Gasteiger partial charge in [0.1, 0.15) is 12.1 Å². The predicted octanol–water partition coefficient (Wildman–Crippen LogP) is 5.14. The number of rotatable bonds is 5. The van der Waals surface area contributed by atoms with Crippen LogP contribution in [-0.2, 0) is 11.2 Å². The molecule has 6 rings (SSSR count). The quantitative estimate of drug-likeness (QED) is 0.536. The SMILES string of the molecule is CCC(CC)(CC)N1C(=O)[C@@H]2Cc3c([nH]c4ccccc34)[C@@H](c3ccc4c(c3)OCO4)N2C1=O. The van der Waals surface area contributed by atoms with Crippen molar-refractivity contribution in [1.29, 1.82) is 0 Å². The molecule has 1 N–H and O–H groups in total. The number of amides is 3. The number of urea groups is 1. The van der Waals surface area contributed by atoms with Crippen LogP contribution in [0, 0.1) is 0 Å². The number of aromatic amines is 1. The molecule has 7 heteroatoms. The lowest BCUT2D eigenvalue weighted by molar-refractivity contribution is -0.133. The van der Waals surface area contributed by atoms with Crippen LogP contribution in [0.25, 0.3) is 10.9 Å². The monoisotopic (exact) mass is 459 g/mol. The van der Waals surface area contributed by atoms with Gasteiger partial charge in [-0.2, -0.15) is 0 Å². The Balaban J connectivity index is 1.55. The van der Waals surface area contributed by atoms with E-state index in [1.165, 1.54) is 0 Å². The standard InChI is InChI=1S/C27H29N3O4/c1-4-27(5-2,6-3)30-25(31)20-14-18-17-9-7-8-10-19(17)28-23(18)24(29(20)26(30)32)16-11-12-21-22(13-16)34-15-33-21/h7-13,20,24,28H,4-6,14-15H2,1-3H3/t20-,24+/m0/s1. The summed E-state index contributed by atoms with van der Waals surface area (Å²) < 4.78 is 11.2. The highest BCUT2D eigenvalue weighted by Gasteiger charge is 2.57. The zero-order chi connectivity index (χ0) is 23.6. The van der Waals surface area contributed by atoms with E-state index in [1.54, 1.807) is 9.80 Å². The molecule has 1 aromatic heterocycles. The fourth-order valence-electron chi connectivity index (χ4n) is 6.17. The van der Waals surface area contributed by atoms with Gasteiger partial charge in [0, 0.05) is 23.0 Å². The van der Waals surface area contributed by atoms with Gasteiger partial charge in [-0.1, -0.05) is 45.0 Å². The van der Waals surface area contributed by atoms with Crippen molar-refractivity contribution in [1.82, 2.24) is 14.8 Å². The third kappa shape index (κ3) is 2.70. The molecule has 3 aromatic rings. The molecule has 7 nitrogen and oxygen atoms in total. The summed E-state index contributed by atoms with van der Waals surface area (Å²) in [5.41, 5.74) is 3.52. The number of nitrogens with one attached hydrogen (secondary N) is 1. The first kappa shape index (κ1) is 21.1. The van der Waals surface area contributed by atoms with E-state index in [2.05, 4.69) is 31.8 Å². The van der Waals surface area contributed by atoms with Gasteiger partial charge >= 0.3 is 6.03 Å². The Kier molecular flexibility index (Phi) is 4.66. The summed E-state index contributed by atoms with van der Waals surface area (Å²) >= 11 is 0. The van der Waals surface area contributed by atoms with Crippen LogP contribution in [0.5, 0.6) is 11.5 Å². The summed E-state index contributed by atoms with van der Waals surface area (Å²) in [5.74, 6) is 1.27. The highest BCUT2D eigenvalue weighted by atomic mass is 16.7. The lowest BCUT2D eigenvalue weighted by Gasteiger charge is -2.39. The number of H-pyrrole nitrogens is 1. The second kappa shape index (κ2) is 7.52. The lowest BCUT2D eigenvalue weighted by atomic mass is 9.87. The molecule has 1 fully saturated rings. The number of carbonyl (C=O) groups is 2. The van der Waals surface area contributed by atoms with Gasteiger partial charge in [-0.05, 0) is 48.6 Å². The van der Waals surface area contributed by atoms with Crippen molar-refractivity contribution in [2.75, 3.05) is 6.79 Å². The Morgan fingerprint density at radius 1 is 1.00 bits per heavy atom. The lowest BCUT2D eigenvalue weighted by Crippen LogP contribution is -2.51. The maximum absolute atomic E-state index is 14.1. The number of carbonyl (C=O) groups excluding carboxylic acids is 2. The van der Waals surface area contributed by atoms with Crippen molar-refractivity contribution >= 4 is 22.8 Å². The van der Waals surface area contributed by atoms with Crippen LogP contribution in [0.4, 0.5) is 4.79 Å². The molecule has 0 aliphatic carbocycles. The summed E-state index contributed by atoms with van der Waals surface area (Å²) in [6, 6.07) is 12.8. The van der Waals surface area contributed by atoms with Gasteiger partial charge in [-0.25, -0.2) is 4.79 Å². The number of para-hydroxylation sites is 1. The van der Waals surface area contributed by atoms with Crippen molar-refractivity contribution in [3.8, 4) is 11.5 Å². The first-order chi connectivity index (χ1) is 16.5. The highest BCUT2D eigenvalue weighted by Crippen LogP contribution is 2.48. The minimum absolute atomic E-state index is 0.0859. The summed E-state index contributed by atoms with van der Waals surface area (Å²) in [6.07, 6.45) is 2.72. The minimum atomic E-state index is -0.529. The Labute approximate surface area is 198 Å². The molecular formula is C27H29N3O4. The number of nitrogens with zero attached hydrogens (tertiary/aromatic N) is 2. The Morgan fingerprint density at radius 3 is 2.50 bits per heavy atom. The summed E-state index contributed by atoms with van der Waals surface area (Å²) in [4.78, 5) is 34.9. The Hall–Kier alpha value is -3.48. The van der Waals surface area contributed by atoms with Crippen LogP contribution in [0.3, 0.4) is 0 Å². The van der Waals surface area contributed by atoms with E-state index >= 15 is 0 Å². The van der Waals surface area contributed by atoms with Gasteiger partial charge in [0.05, 0.1) is 5.54 Å². The van der Waals surface area contributed by atoms with E-state index in [1.807, 2.05) is 36.4 Å².